The molecule has 1 saturated heterocycles. The summed E-state index contributed by atoms with van der Waals surface area (Å²) in [5.41, 5.74) is 2.17. The van der Waals surface area contributed by atoms with Crippen LogP contribution in [0, 0.1) is 6.92 Å². The van der Waals surface area contributed by atoms with Gasteiger partial charge < -0.3 is 10.6 Å². The molecular formula is C15H23N3O3S. The minimum Gasteiger partial charge on any atom is -0.352 e. The van der Waals surface area contributed by atoms with Crippen LogP contribution in [0.4, 0.5) is 0 Å². The zero-order valence-corrected chi connectivity index (χ0v) is 13.7. The SMILES string of the molecule is Cc1ccc(CNC(=O)CCS(=O)(=O)N2CCNCC2)cc1. The minimum atomic E-state index is -3.33. The zero-order valence-electron chi connectivity index (χ0n) is 12.8. The van der Waals surface area contributed by atoms with Crippen LogP contribution in [0.5, 0.6) is 0 Å². The van der Waals surface area contributed by atoms with Gasteiger partial charge in [0.2, 0.25) is 15.9 Å². The number of carbonyl (C=O) groups is 1. The van der Waals surface area contributed by atoms with Gasteiger partial charge in [0.15, 0.2) is 0 Å². The summed E-state index contributed by atoms with van der Waals surface area (Å²) in [4.78, 5) is 11.8. The molecule has 0 bridgehead atoms. The molecular weight excluding hydrogens is 302 g/mol. The number of nitrogens with one attached hydrogen (secondary N) is 2. The molecule has 0 aliphatic carbocycles. The highest BCUT2D eigenvalue weighted by molar-refractivity contribution is 7.89. The lowest BCUT2D eigenvalue weighted by atomic mass is 10.1. The van der Waals surface area contributed by atoms with Crippen LogP contribution in [0.1, 0.15) is 17.5 Å². The molecule has 22 heavy (non-hydrogen) atoms. The van der Waals surface area contributed by atoms with Crippen molar-refractivity contribution < 1.29 is 13.2 Å². The van der Waals surface area contributed by atoms with E-state index in [-0.39, 0.29) is 18.1 Å². The molecule has 7 heteroatoms. The van der Waals surface area contributed by atoms with Crippen molar-refractivity contribution in [2.24, 2.45) is 0 Å². The number of hydrogen-bond donors (Lipinski definition) is 2. The van der Waals surface area contributed by atoms with Crippen molar-refractivity contribution in [1.82, 2.24) is 14.9 Å². The molecule has 0 saturated carbocycles. The largest absolute Gasteiger partial charge is 0.352 e. The number of rotatable bonds is 6. The van der Waals surface area contributed by atoms with Gasteiger partial charge in [0, 0.05) is 39.1 Å². The summed E-state index contributed by atoms with van der Waals surface area (Å²) in [6.07, 6.45) is -0.00186. The highest BCUT2D eigenvalue weighted by atomic mass is 32.2. The Balaban J connectivity index is 1.76. The lowest BCUT2D eigenvalue weighted by molar-refractivity contribution is -0.120. The molecule has 1 aliphatic heterocycles. The lowest BCUT2D eigenvalue weighted by Gasteiger charge is -2.26. The Hall–Kier alpha value is -1.44. The standard InChI is InChI=1S/C15H23N3O3S/c1-13-2-4-14(5-3-13)12-17-15(19)6-11-22(20,21)18-9-7-16-8-10-18/h2-5,16H,6-12H2,1H3,(H,17,19). The van der Waals surface area contributed by atoms with E-state index in [4.69, 9.17) is 0 Å². The second kappa shape index (κ2) is 7.71. The summed E-state index contributed by atoms with van der Waals surface area (Å²) in [6.45, 7) is 4.72. The van der Waals surface area contributed by atoms with Gasteiger partial charge >= 0.3 is 0 Å². The van der Waals surface area contributed by atoms with Crippen LogP contribution >= 0.6 is 0 Å². The number of amides is 1. The van der Waals surface area contributed by atoms with Crippen LogP contribution < -0.4 is 10.6 Å². The first kappa shape index (κ1) is 16.9. The van der Waals surface area contributed by atoms with E-state index in [1.807, 2.05) is 31.2 Å². The summed E-state index contributed by atoms with van der Waals surface area (Å²) in [5, 5.41) is 5.87. The van der Waals surface area contributed by atoms with Crippen molar-refractivity contribution in [1.29, 1.82) is 0 Å². The predicted octanol–water partition coefficient (Wildman–Crippen LogP) is 0.236. The Morgan fingerprint density at radius 1 is 1.23 bits per heavy atom. The maximum absolute atomic E-state index is 12.1. The maximum atomic E-state index is 12.1. The van der Waals surface area contributed by atoms with Crippen molar-refractivity contribution >= 4 is 15.9 Å². The third kappa shape index (κ3) is 5.08. The van der Waals surface area contributed by atoms with Gasteiger partial charge in [-0.25, -0.2) is 8.42 Å². The monoisotopic (exact) mass is 325 g/mol. The molecule has 0 spiro atoms. The van der Waals surface area contributed by atoms with Crippen LogP contribution in [-0.4, -0.2) is 50.6 Å². The van der Waals surface area contributed by atoms with Crippen molar-refractivity contribution in [3.8, 4) is 0 Å². The Bertz CT molecular complexity index is 593. The highest BCUT2D eigenvalue weighted by Gasteiger charge is 2.24. The van der Waals surface area contributed by atoms with Crippen molar-refractivity contribution in [3.05, 3.63) is 35.4 Å². The fourth-order valence-electron chi connectivity index (χ4n) is 2.27. The lowest BCUT2D eigenvalue weighted by Crippen LogP contribution is -2.47. The molecule has 1 aromatic carbocycles. The molecule has 1 heterocycles. The van der Waals surface area contributed by atoms with Crippen molar-refractivity contribution in [2.75, 3.05) is 31.9 Å². The topological polar surface area (TPSA) is 78.5 Å². The second-order valence-corrected chi connectivity index (χ2v) is 7.57. The molecule has 6 nitrogen and oxygen atoms in total. The second-order valence-electron chi connectivity index (χ2n) is 5.48. The van der Waals surface area contributed by atoms with Gasteiger partial charge in [0.1, 0.15) is 0 Å². The van der Waals surface area contributed by atoms with Crippen LogP contribution in [0.2, 0.25) is 0 Å². The predicted molar refractivity (Wildman–Crippen MR) is 85.9 cm³/mol. The van der Waals surface area contributed by atoms with E-state index in [1.54, 1.807) is 0 Å². The van der Waals surface area contributed by atoms with E-state index < -0.39 is 10.0 Å². The van der Waals surface area contributed by atoms with E-state index in [9.17, 15) is 13.2 Å². The fourth-order valence-corrected chi connectivity index (χ4v) is 3.71. The molecule has 0 unspecified atom stereocenters. The average molecular weight is 325 g/mol. The van der Waals surface area contributed by atoms with E-state index in [0.717, 1.165) is 11.1 Å². The first-order valence-corrected chi connectivity index (χ1v) is 9.09. The number of piperazine rings is 1. The quantitative estimate of drug-likeness (QED) is 0.785. The maximum Gasteiger partial charge on any atom is 0.221 e. The average Bonchev–Trinajstić information content (AvgIpc) is 2.53. The van der Waals surface area contributed by atoms with Gasteiger partial charge in [-0.1, -0.05) is 29.8 Å². The third-order valence-electron chi connectivity index (χ3n) is 3.67. The smallest absolute Gasteiger partial charge is 0.221 e. The van der Waals surface area contributed by atoms with Gasteiger partial charge in [-0.2, -0.15) is 4.31 Å². The molecule has 1 aliphatic rings. The minimum absolute atomic E-state index is 0.00186. The number of aryl methyl sites for hydroxylation is 1. The first-order chi connectivity index (χ1) is 10.5. The Morgan fingerprint density at radius 2 is 1.86 bits per heavy atom. The van der Waals surface area contributed by atoms with Gasteiger partial charge in [0.25, 0.3) is 0 Å². The molecule has 1 aromatic rings. The molecule has 1 amide bonds. The molecule has 2 N–H and O–H groups in total. The summed E-state index contributed by atoms with van der Waals surface area (Å²) >= 11 is 0. The van der Waals surface area contributed by atoms with Crippen LogP contribution in [0.15, 0.2) is 24.3 Å². The molecule has 0 atom stereocenters. The van der Waals surface area contributed by atoms with E-state index in [1.165, 1.54) is 4.31 Å². The summed E-state index contributed by atoms with van der Waals surface area (Å²) < 4.78 is 25.7. The molecule has 1 fully saturated rings. The van der Waals surface area contributed by atoms with Gasteiger partial charge in [0.05, 0.1) is 5.75 Å². The fraction of sp³-hybridized carbons (Fsp3) is 0.533. The van der Waals surface area contributed by atoms with Crippen molar-refractivity contribution in [3.63, 3.8) is 0 Å². The van der Waals surface area contributed by atoms with Gasteiger partial charge in [-0.3, -0.25) is 4.79 Å². The highest BCUT2D eigenvalue weighted by Crippen LogP contribution is 2.06. The van der Waals surface area contributed by atoms with E-state index in [2.05, 4.69) is 10.6 Å². The number of benzene rings is 1. The summed E-state index contributed by atoms with van der Waals surface area (Å²) in [6, 6.07) is 7.87. The number of nitrogens with zero attached hydrogens (tertiary/aromatic N) is 1. The Morgan fingerprint density at radius 3 is 2.50 bits per heavy atom. The van der Waals surface area contributed by atoms with Crippen molar-refractivity contribution in [2.45, 2.75) is 19.9 Å². The summed E-state index contributed by atoms with van der Waals surface area (Å²) in [7, 11) is -3.33. The van der Waals surface area contributed by atoms with Gasteiger partial charge in [-0.05, 0) is 12.5 Å². The van der Waals surface area contributed by atoms with E-state index in [0.29, 0.717) is 32.7 Å². The molecule has 0 aromatic heterocycles. The molecule has 0 radical (unpaired) electrons. The normalized spacial score (nSPS) is 16.4. The van der Waals surface area contributed by atoms with Crippen LogP contribution in [0.25, 0.3) is 0 Å². The first-order valence-electron chi connectivity index (χ1n) is 7.48. The number of hydrogen-bond acceptors (Lipinski definition) is 4. The zero-order chi connectivity index (χ0) is 16.0. The third-order valence-corrected chi connectivity index (χ3v) is 5.54. The Labute approximate surface area is 131 Å². The molecule has 122 valence electrons. The van der Waals surface area contributed by atoms with Gasteiger partial charge in [-0.15, -0.1) is 0 Å². The van der Waals surface area contributed by atoms with Crippen LogP contribution in [-0.2, 0) is 21.4 Å². The Kier molecular flexibility index (Phi) is 5.93. The number of carbonyl (C=O) groups excluding carboxylic acids is 1. The summed E-state index contributed by atoms with van der Waals surface area (Å²) in [5.74, 6) is -0.369. The van der Waals surface area contributed by atoms with E-state index >= 15 is 0 Å². The number of sulfonamides is 1. The van der Waals surface area contributed by atoms with Crippen LogP contribution in [0.3, 0.4) is 0 Å². The molecule has 2 rings (SSSR count).